The SMILES string of the molecule is COc1ccc(Cn2ncc(N[C@H](CO[C@@H]3CCN(C4CCN(c5ncc(C(F)(F)F)cn5)CC4)C3=O)COS(=O)(=O)c3ccc(C)cc3)c(C(F)(F)F)c2=O)cc1. The fraction of sp³-hybridized carbons (Fsp3) is 0.432. The van der Waals surface area contributed by atoms with Gasteiger partial charge in [0.15, 0.2) is 0 Å². The molecule has 2 fully saturated rings. The Morgan fingerprint density at radius 2 is 1.52 bits per heavy atom. The number of methoxy groups -OCH3 is 1. The van der Waals surface area contributed by atoms with Crippen LogP contribution in [-0.2, 0) is 42.7 Å². The van der Waals surface area contributed by atoms with Gasteiger partial charge in [0.25, 0.3) is 21.6 Å². The second-order valence-corrected chi connectivity index (χ2v) is 15.4. The van der Waals surface area contributed by atoms with E-state index in [0.717, 1.165) is 11.8 Å². The van der Waals surface area contributed by atoms with Gasteiger partial charge in [-0.2, -0.15) is 39.9 Å². The molecule has 312 valence electrons. The van der Waals surface area contributed by atoms with Crippen molar-refractivity contribution in [1.29, 1.82) is 0 Å². The summed E-state index contributed by atoms with van der Waals surface area (Å²) >= 11 is 0. The van der Waals surface area contributed by atoms with Gasteiger partial charge in [-0.3, -0.25) is 13.8 Å². The number of aryl methyl sites for hydroxylation is 1. The highest BCUT2D eigenvalue weighted by atomic mass is 32.2. The van der Waals surface area contributed by atoms with Crippen molar-refractivity contribution in [2.75, 3.05) is 50.2 Å². The number of hydrogen-bond acceptors (Lipinski definition) is 12. The zero-order valence-electron chi connectivity index (χ0n) is 31.2. The molecule has 0 aliphatic carbocycles. The number of ether oxygens (including phenoxy) is 2. The average molecular weight is 840 g/mol. The first-order chi connectivity index (χ1) is 27.4. The monoisotopic (exact) mass is 839 g/mol. The maximum atomic E-state index is 14.5. The van der Waals surface area contributed by atoms with E-state index in [2.05, 4.69) is 20.4 Å². The lowest BCUT2D eigenvalue weighted by Gasteiger charge is -2.36. The molecule has 1 amide bonds. The Morgan fingerprint density at radius 3 is 2.12 bits per heavy atom. The van der Waals surface area contributed by atoms with Crippen LogP contribution in [0.5, 0.6) is 5.75 Å². The van der Waals surface area contributed by atoms with Crippen LogP contribution in [-0.4, -0.2) is 97.1 Å². The third kappa shape index (κ3) is 10.0. The molecule has 0 bridgehead atoms. The van der Waals surface area contributed by atoms with E-state index in [1.165, 1.54) is 19.2 Å². The highest BCUT2D eigenvalue weighted by Gasteiger charge is 2.41. The quantitative estimate of drug-likeness (QED) is 0.135. The lowest BCUT2D eigenvalue weighted by Crippen LogP contribution is -2.47. The predicted molar refractivity (Wildman–Crippen MR) is 196 cm³/mol. The fourth-order valence-electron chi connectivity index (χ4n) is 6.62. The molecule has 4 heterocycles. The minimum Gasteiger partial charge on any atom is -0.497 e. The number of carbonyl (C=O) groups is 1. The Kier molecular flexibility index (Phi) is 12.6. The lowest BCUT2D eigenvalue weighted by molar-refractivity contribution is -0.140. The van der Waals surface area contributed by atoms with Crippen LogP contribution in [0.4, 0.5) is 38.0 Å². The van der Waals surface area contributed by atoms with Crippen LogP contribution in [0, 0.1) is 6.92 Å². The second-order valence-electron chi connectivity index (χ2n) is 13.8. The van der Waals surface area contributed by atoms with Crippen LogP contribution in [0.1, 0.15) is 41.5 Å². The summed E-state index contributed by atoms with van der Waals surface area (Å²) in [5, 5.41) is 6.50. The first-order valence-electron chi connectivity index (χ1n) is 18.0. The molecule has 14 nitrogen and oxygen atoms in total. The van der Waals surface area contributed by atoms with Gasteiger partial charge in [-0.1, -0.05) is 29.8 Å². The Bertz CT molecular complexity index is 2220. The summed E-state index contributed by atoms with van der Waals surface area (Å²) < 4.78 is 126. The normalized spacial score (nSPS) is 17.4. The van der Waals surface area contributed by atoms with Gasteiger partial charge >= 0.3 is 12.4 Å². The van der Waals surface area contributed by atoms with Crippen molar-refractivity contribution < 1.29 is 53.2 Å². The number of hydrogen-bond donors (Lipinski definition) is 1. The Labute approximate surface area is 328 Å². The molecule has 58 heavy (non-hydrogen) atoms. The van der Waals surface area contributed by atoms with Gasteiger partial charge in [-0.05, 0) is 49.6 Å². The van der Waals surface area contributed by atoms with E-state index in [1.807, 2.05) is 0 Å². The standard InChI is InChI=1S/C37H39F6N7O7S/c1-23-3-9-29(10-4-23)58(53,54)57-22-26(47-30-19-46-50(34(52)32(30)37(41,42)43)20-24-5-7-28(55-2)8-6-24)21-56-31-13-16-49(33(31)51)27-11-14-48(15-12-27)35-44-17-25(18-45-35)36(38,39)40/h3-10,17-19,26-27,31,47H,11-16,20-22H2,1-2H3/t26-,31-/m1/s1. The number of nitrogens with one attached hydrogen (secondary N) is 1. The fourth-order valence-corrected chi connectivity index (χ4v) is 7.57. The van der Waals surface area contributed by atoms with E-state index >= 15 is 0 Å². The van der Waals surface area contributed by atoms with Crippen molar-refractivity contribution in [3.05, 3.63) is 99.7 Å². The number of halogens is 6. The van der Waals surface area contributed by atoms with Crippen LogP contribution in [0.3, 0.4) is 0 Å². The van der Waals surface area contributed by atoms with E-state index in [4.69, 9.17) is 13.7 Å². The van der Waals surface area contributed by atoms with E-state index in [-0.39, 0.29) is 36.4 Å². The van der Waals surface area contributed by atoms with Gasteiger partial charge in [0.1, 0.15) is 17.4 Å². The number of alkyl halides is 6. The second kappa shape index (κ2) is 17.3. The Morgan fingerprint density at radius 1 is 0.862 bits per heavy atom. The van der Waals surface area contributed by atoms with Gasteiger partial charge in [-0.25, -0.2) is 14.6 Å². The van der Waals surface area contributed by atoms with Gasteiger partial charge in [-0.15, -0.1) is 0 Å². The van der Waals surface area contributed by atoms with E-state index in [1.54, 1.807) is 53.1 Å². The summed E-state index contributed by atoms with van der Waals surface area (Å²) in [6.45, 7) is 1.20. The van der Waals surface area contributed by atoms with Crippen LogP contribution >= 0.6 is 0 Å². The third-order valence-electron chi connectivity index (χ3n) is 9.76. The summed E-state index contributed by atoms with van der Waals surface area (Å²) in [5.74, 6) is 0.237. The average Bonchev–Trinajstić information content (AvgIpc) is 3.56. The number of carbonyl (C=O) groups excluding carboxylic acids is 1. The van der Waals surface area contributed by atoms with Crippen LogP contribution in [0.2, 0.25) is 0 Å². The van der Waals surface area contributed by atoms with Crippen LogP contribution in [0.25, 0.3) is 0 Å². The summed E-state index contributed by atoms with van der Waals surface area (Å²) in [7, 11) is -2.96. The number of likely N-dealkylation sites (tertiary alicyclic amines) is 1. The first-order valence-corrected chi connectivity index (χ1v) is 19.4. The van der Waals surface area contributed by atoms with Gasteiger partial charge in [0, 0.05) is 44.5 Å². The molecular weight excluding hydrogens is 801 g/mol. The maximum Gasteiger partial charge on any atom is 0.423 e. The summed E-state index contributed by atoms with van der Waals surface area (Å²) in [5.41, 5.74) is -3.52. The molecule has 0 radical (unpaired) electrons. The minimum absolute atomic E-state index is 0.129. The number of piperidine rings is 1. The molecule has 4 aromatic rings. The van der Waals surface area contributed by atoms with Crippen molar-refractivity contribution >= 4 is 27.7 Å². The molecule has 2 saturated heterocycles. The van der Waals surface area contributed by atoms with E-state index in [9.17, 15) is 44.3 Å². The third-order valence-corrected chi connectivity index (χ3v) is 11.1. The van der Waals surface area contributed by atoms with Gasteiger partial charge < -0.3 is 24.6 Å². The predicted octanol–water partition coefficient (Wildman–Crippen LogP) is 4.91. The lowest BCUT2D eigenvalue weighted by atomic mass is 10.0. The zero-order valence-corrected chi connectivity index (χ0v) is 32.0. The molecular formula is C37H39F6N7O7S. The largest absolute Gasteiger partial charge is 0.497 e. The molecule has 6 rings (SSSR count). The Hall–Kier alpha value is -5.28. The summed E-state index contributed by atoms with van der Waals surface area (Å²) in [4.78, 5) is 37.6. The number of benzene rings is 2. The van der Waals surface area contributed by atoms with Gasteiger partial charge in [0.05, 0.1) is 55.3 Å². The molecule has 0 unspecified atom stereocenters. The number of amides is 1. The molecule has 2 aliphatic rings. The molecule has 0 spiro atoms. The molecule has 1 N–H and O–H groups in total. The number of rotatable bonds is 14. The number of anilines is 2. The topological polar surface area (TPSA) is 158 Å². The van der Waals surface area contributed by atoms with Crippen LogP contribution in [0.15, 0.2) is 76.8 Å². The molecule has 2 aromatic heterocycles. The summed E-state index contributed by atoms with van der Waals surface area (Å²) in [6, 6.07) is 10.4. The van der Waals surface area contributed by atoms with Crippen molar-refractivity contribution in [3.8, 4) is 5.75 Å². The maximum absolute atomic E-state index is 14.5. The minimum atomic E-state index is -5.17. The van der Waals surface area contributed by atoms with Crippen molar-refractivity contribution in [3.63, 3.8) is 0 Å². The zero-order chi connectivity index (χ0) is 41.8. The Balaban J connectivity index is 1.15. The first kappa shape index (κ1) is 42.3. The molecule has 2 aliphatic heterocycles. The molecule has 2 aromatic carbocycles. The highest BCUT2D eigenvalue weighted by molar-refractivity contribution is 7.86. The van der Waals surface area contributed by atoms with E-state index < -0.39 is 76.1 Å². The van der Waals surface area contributed by atoms with Crippen LogP contribution < -0.4 is 20.5 Å². The van der Waals surface area contributed by atoms with Crippen molar-refractivity contribution in [1.82, 2.24) is 24.6 Å². The van der Waals surface area contributed by atoms with Gasteiger partial charge in [0.2, 0.25) is 5.95 Å². The molecule has 2 atom stereocenters. The van der Waals surface area contributed by atoms with Crippen molar-refractivity contribution in [2.24, 2.45) is 0 Å². The van der Waals surface area contributed by atoms with E-state index in [0.29, 0.717) is 54.3 Å². The number of aromatic nitrogens is 4. The molecule has 21 heteroatoms. The highest BCUT2D eigenvalue weighted by Crippen LogP contribution is 2.33. The summed E-state index contributed by atoms with van der Waals surface area (Å²) in [6.07, 6.45) is -7.42. The van der Waals surface area contributed by atoms with Crippen molar-refractivity contribution in [2.45, 2.75) is 68.2 Å². The molecule has 0 saturated carbocycles. The smallest absolute Gasteiger partial charge is 0.423 e. The number of nitrogens with zero attached hydrogens (tertiary/aromatic N) is 6.